The van der Waals surface area contributed by atoms with E-state index in [1.807, 2.05) is 19.2 Å². The number of nitrogens with zero attached hydrogens (tertiary/aromatic N) is 1. The van der Waals surface area contributed by atoms with Crippen LogP contribution in [-0.4, -0.2) is 12.8 Å². The zero-order chi connectivity index (χ0) is 18.4. The highest BCUT2D eigenvalue weighted by Crippen LogP contribution is 2.38. The highest BCUT2D eigenvalue weighted by molar-refractivity contribution is 5.53. The third kappa shape index (κ3) is 5.14. The van der Waals surface area contributed by atoms with Crippen molar-refractivity contribution >= 4 is 6.21 Å². The van der Waals surface area contributed by atoms with E-state index in [2.05, 4.69) is 38.1 Å². The lowest BCUT2D eigenvalue weighted by atomic mass is 9.77. The van der Waals surface area contributed by atoms with Gasteiger partial charge in [-0.2, -0.15) is 0 Å². The molecule has 0 heterocycles. The van der Waals surface area contributed by atoms with Gasteiger partial charge < -0.3 is 0 Å². The summed E-state index contributed by atoms with van der Waals surface area (Å²) in [5.74, 6) is 0.824. The molecule has 0 amide bonds. The van der Waals surface area contributed by atoms with Crippen molar-refractivity contribution in [1.82, 2.24) is 0 Å². The Labute approximate surface area is 152 Å². The molecule has 1 aromatic rings. The normalized spacial score (nSPS) is 18.5. The molecule has 1 aromatic carbocycles. The summed E-state index contributed by atoms with van der Waals surface area (Å²) in [6, 6.07) is 5.45. The molecule has 0 radical (unpaired) electrons. The van der Waals surface area contributed by atoms with Crippen LogP contribution in [0, 0.1) is 11.7 Å². The molecule has 2 atom stereocenters. The number of benzene rings is 1. The van der Waals surface area contributed by atoms with Gasteiger partial charge in [-0.3, -0.25) is 4.99 Å². The average Bonchev–Trinajstić information content (AvgIpc) is 2.59. The van der Waals surface area contributed by atoms with Crippen LogP contribution in [0.4, 0.5) is 4.39 Å². The zero-order valence-corrected chi connectivity index (χ0v) is 16.0. The third-order valence-electron chi connectivity index (χ3n) is 5.51. The summed E-state index contributed by atoms with van der Waals surface area (Å²) >= 11 is 0. The maximum absolute atomic E-state index is 14.6. The van der Waals surface area contributed by atoms with Gasteiger partial charge in [0.25, 0.3) is 0 Å². The second-order valence-corrected chi connectivity index (χ2v) is 7.55. The van der Waals surface area contributed by atoms with Crippen molar-refractivity contribution in [3.05, 3.63) is 59.4 Å². The minimum atomic E-state index is -0.0952. The Morgan fingerprint density at radius 2 is 1.96 bits per heavy atom. The van der Waals surface area contributed by atoms with Gasteiger partial charge >= 0.3 is 0 Å². The molecule has 25 heavy (non-hydrogen) atoms. The topological polar surface area (TPSA) is 12.4 Å². The lowest BCUT2D eigenvalue weighted by Crippen LogP contribution is -2.13. The number of rotatable bonds is 7. The van der Waals surface area contributed by atoms with Crippen LogP contribution < -0.4 is 0 Å². The Hall–Kier alpha value is -1.70. The third-order valence-corrected chi connectivity index (χ3v) is 5.51. The summed E-state index contributed by atoms with van der Waals surface area (Å²) in [5, 5.41) is 0. The van der Waals surface area contributed by atoms with Crippen LogP contribution in [0.25, 0.3) is 0 Å². The SMILES string of the molecule is C=C1CCC(C(=C)CC(C)c2c(F)cccc2C(C)C/N=C\C)CC1. The quantitative estimate of drug-likeness (QED) is 0.381. The number of allylic oxidation sites excluding steroid dienone is 2. The van der Waals surface area contributed by atoms with E-state index in [0.717, 1.165) is 43.2 Å². The summed E-state index contributed by atoms with van der Waals surface area (Å²) in [6.45, 7) is 15.3. The largest absolute Gasteiger partial charge is 0.297 e. The Kier molecular flexibility index (Phi) is 7.16. The van der Waals surface area contributed by atoms with Crippen LogP contribution in [0.15, 0.2) is 47.5 Å². The fourth-order valence-electron chi connectivity index (χ4n) is 3.96. The number of hydrogen-bond donors (Lipinski definition) is 0. The minimum Gasteiger partial charge on any atom is -0.297 e. The van der Waals surface area contributed by atoms with Crippen LogP contribution >= 0.6 is 0 Å². The summed E-state index contributed by atoms with van der Waals surface area (Å²) in [5.41, 5.74) is 4.57. The number of aliphatic imine (C=N–C) groups is 1. The van der Waals surface area contributed by atoms with Gasteiger partial charge in [-0.15, -0.1) is 0 Å². The Balaban J connectivity index is 2.13. The first-order valence-electron chi connectivity index (χ1n) is 9.51. The van der Waals surface area contributed by atoms with Crippen molar-refractivity contribution in [1.29, 1.82) is 0 Å². The molecule has 1 fully saturated rings. The molecule has 2 unspecified atom stereocenters. The van der Waals surface area contributed by atoms with E-state index in [1.54, 1.807) is 6.07 Å². The van der Waals surface area contributed by atoms with Crippen LogP contribution in [0.5, 0.6) is 0 Å². The van der Waals surface area contributed by atoms with Gasteiger partial charge in [0.15, 0.2) is 0 Å². The Morgan fingerprint density at radius 1 is 1.28 bits per heavy atom. The highest BCUT2D eigenvalue weighted by atomic mass is 19.1. The average molecular weight is 342 g/mol. The maximum atomic E-state index is 14.6. The molecule has 1 aliphatic rings. The van der Waals surface area contributed by atoms with Gasteiger partial charge in [0.05, 0.1) is 0 Å². The van der Waals surface area contributed by atoms with E-state index in [9.17, 15) is 4.39 Å². The molecule has 0 bridgehead atoms. The number of halogens is 1. The fourth-order valence-corrected chi connectivity index (χ4v) is 3.96. The van der Waals surface area contributed by atoms with Crippen molar-refractivity contribution < 1.29 is 4.39 Å². The van der Waals surface area contributed by atoms with E-state index in [0.29, 0.717) is 12.5 Å². The summed E-state index contributed by atoms with van der Waals surface area (Å²) in [7, 11) is 0. The maximum Gasteiger partial charge on any atom is 0.126 e. The molecule has 0 aliphatic heterocycles. The highest BCUT2D eigenvalue weighted by Gasteiger charge is 2.23. The van der Waals surface area contributed by atoms with Gasteiger partial charge in [-0.1, -0.05) is 50.3 Å². The molecule has 0 saturated heterocycles. The van der Waals surface area contributed by atoms with Crippen LogP contribution in [-0.2, 0) is 0 Å². The Morgan fingerprint density at radius 3 is 2.60 bits per heavy atom. The summed E-state index contributed by atoms with van der Waals surface area (Å²) < 4.78 is 14.6. The molecule has 0 aromatic heterocycles. The molecule has 136 valence electrons. The van der Waals surface area contributed by atoms with E-state index < -0.39 is 0 Å². The van der Waals surface area contributed by atoms with E-state index >= 15 is 0 Å². The van der Waals surface area contributed by atoms with Crippen molar-refractivity contribution in [3.8, 4) is 0 Å². The Bertz CT molecular complexity index is 633. The first kappa shape index (κ1) is 19.6. The first-order chi connectivity index (χ1) is 11.9. The van der Waals surface area contributed by atoms with Crippen LogP contribution in [0.1, 0.15) is 75.8 Å². The molecule has 1 aliphatic carbocycles. The standard InChI is InChI=1S/C23H32FN/c1-6-25-15-19(5)21-8-7-9-22(24)23(21)18(4)14-17(3)20-12-10-16(2)11-13-20/h6-9,18-20H,2-3,10-15H2,1,4-5H3/b25-6-. The smallest absolute Gasteiger partial charge is 0.126 e. The van der Waals surface area contributed by atoms with Gasteiger partial charge in [-0.05, 0) is 74.3 Å². The molecular formula is C23H32FN. The van der Waals surface area contributed by atoms with Gasteiger partial charge in [0.2, 0.25) is 0 Å². The van der Waals surface area contributed by atoms with Crippen molar-refractivity contribution in [2.24, 2.45) is 10.9 Å². The molecule has 1 saturated carbocycles. The molecule has 2 heteroatoms. The van der Waals surface area contributed by atoms with E-state index in [4.69, 9.17) is 0 Å². The summed E-state index contributed by atoms with van der Waals surface area (Å²) in [4.78, 5) is 4.35. The van der Waals surface area contributed by atoms with Gasteiger partial charge in [0.1, 0.15) is 5.82 Å². The predicted molar refractivity (Wildman–Crippen MR) is 107 cm³/mol. The van der Waals surface area contributed by atoms with Crippen molar-refractivity contribution in [3.63, 3.8) is 0 Å². The van der Waals surface area contributed by atoms with E-state index in [1.165, 1.54) is 11.1 Å². The van der Waals surface area contributed by atoms with Gasteiger partial charge in [0, 0.05) is 12.5 Å². The zero-order valence-electron chi connectivity index (χ0n) is 16.0. The van der Waals surface area contributed by atoms with Crippen molar-refractivity contribution in [2.45, 2.75) is 64.7 Å². The molecule has 0 N–H and O–H groups in total. The fraction of sp³-hybridized carbons (Fsp3) is 0.522. The van der Waals surface area contributed by atoms with Crippen LogP contribution in [0.3, 0.4) is 0 Å². The van der Waals surface area contributed by atoms with E-state index in [-0.39, 0.29) is 17.7 Å². The van der Waals surface area contributed by atoms with Crippen molar-refractivity contribution in [2.75, 3.05) is 6.54 Å². The predicted octanol–water partition coefficient (Wildman–Crippen LogP) is 6.82. The molecule has 0 spiro atoms. The second-order valence-electron chi connectivity index (χ2n) is 7.55. The van der Waals surface area contributed by atoms with Crippen LogP contribution in [0.2, 0.25) is 0 Å². The first-order valence-corrected chi connectivity index (χ1v) is 9.51. The second kappa shape index (κ2) is 9.12. The monoisotopic (exact) mass is 341 g/mol. The molecular weight excluding hydrogens is 309 g/mol. The number of hydrogen-bond acceptors (Lipinski definition) is 1. The minimum absolute atomic E-state index is 0.0952. The van der Waals surface area contributed by atoms with Gasteiger partial charge in [-0.25, -0.2) is 4.39 Å². The molecule has 1 nitrogen and oxygen atoms in total. The lowest BCUT2D eigenvalue weighted by molar-refractivity contribution is 0.446. The lowest BCUT2D eigenvalue weighted by Gasteiger charge is -2.28. The summed E-state index contributed by atoms with van der Waals surface area (Å²) in [6.07, 6.45) is 7.18. The molecule has 2 rings (SSSR count).